The van der Waals surface area contributed by atoms with E-state index >= 15 is 0 Å². The van der Waals surface area contributed by atoms with Gasteiger partial charge in [-0.05, 0) is 92.8 Å². The van der Waals surface area contributed by atoms with Gasteiger partial charge >= 0.3 is 5.97 Å². The molecule has 3 N–H and O–H groups in total. The first kappa shape index (κ1) is 29.3. The predicted octanol–water partition coefficient (Wildman–Crippen LogP) is 3.81. The topological polar surface area (TPSA) is 105 Å². The van der Waals surface area contributed by atoms with Crippen LogP contribution >= 0.6 is 0 Å². The van der Waals surface area contributed by atoms with Crippen LogP contribution in [0.1, 0.15) is 80.1 Å². The normalized spacial score (nSPS) is 45.5. The molecule has 0 bridgehead atoms. The first-order chi connectivity index (χ1) is 17.2. The highest BCUT2D eigenvalue weighted by molar-refractivity contribution is 5.74. The summed E-state index contributed by atoms with van der Waals surface area (Å²) in [6, 6.07) is 0. The molecule has 7 nitrogen and oxygen atoms in total. The molecule has 0 amide bonds. The minimum Gasteiger partial charge on any atom is -0.465 e. The first-order valence-electron chi connectivity index (χ1n) is 14.5. The summed E-state index contributed by atoms with van der Waals surface area (Å²) in [5, 5.41) is 33.4. The number of hydrogen-bond acceptors (Lipinski definition) is 7. The van der Waals surface area contributed by atoms with Crippen molar-refractivity contribution in [2.45, 2.75) is 110 Å². The van der Waals surface area contributed by atoms with E-state index in [0.717, 1.165) is 25.7 Å². The molecular formula is C30H52O7. The van der Waals surface area contributed by atoms with E-state index in [1.807, 2.05) is 20.8 Å². The van der Waals surface area contributed by atoms with E-state index in [4.69, 9.17) is 14.2 Å². The molecule has 4 fully saturated rings. The summed E-state index contributed by atoms with van der Waals surface area (Å²) in [4.78, 5) is 13.2. The van der Waals surface area contributed by atoms with Crippen molar-refractivity contribution in [1.29, 1.82) is 0 Å². The number of esters is 1. The summed E-state index contributed by atoms with van der Waals surface area (Å²) in [6.07, 6.45) is 2.51. The Kier molecular flexibility index (Phi) is 8.18. The van der Waals surface area contributed by atoms with Crippen molar-refractivity contribution < 1.29 is 34.3 Å². The number of rotatable bonds is 7. The number of cyclic esters (lactones) is 1. The number of carbonyl (C=O) groups is 1. The van der Waals surface area contributed by atoms with E-state index in [1.165, 1.54) is 0 Å². The number of aliphatic hydroxyl groups excluding tert-OH is 3. The molecule has 1 aliphatic heterocycles. The third-order valence-corrected chi connectivity index (χ3v) is 12.4. The lowest BCUT2D eigenvalue weighted by Crippen LogP contribution is -2.55. The number of methoxy groups -OCH3 is 2. The first-order valence-corrected chi connectivity index (χ1v) is 14.5. The summed E-state index contributed by atoms with van der Waals surface area (Å²) in [6.45, 7) is 12.9. The summed E-state index contributed by atoms with van der Waals surface area (Å²) in [5.41, 5.74) is -0.844. The number of hydrogen-bond donors (Lipinski definition) is 3. The SMILES string of the molecule is CO[C@H]1C[C@@H]2C(=O)OC[C@@H]3[C@H](CC[C@]4(C)[C@@H]([C@H](C)[C@@H](O)[C@H](O)[C@H](C)C(C)(C)OC)CC[C@@H]34)[C@@]2(C)C[C@H]1O. The second kappa shape index (κ2) is 10.3. The number of ether oxygens (including phenoxy) is 3. The van der Waals surface area contributed by atoms with Gasteiger partial charge in [0.05, 0.1) is 42.5 Å². The smallest absolute Gasteiger partial charge is 0.309 e. The Labute approximate surface area is 223 Å². The molecule has 13 atom stereocenters. The highest BCUT2D eigenvalue weighted by Gasteiger charge is 2.63. The van der Waals surface area contributed by atoms with Gasteiger partial charge in [-0.2, -0.15) is 0 Å². The fourth-order valence-electron chi connectivity index (χ4n) is 9.38. The van der Waals surface area contributed by atoms with Crippen molar-refractivity contribution in [2.75, 3.05) is 20.8 Å². The van der Waals surface area contributed by atoms with Gasteiger partial charge in [0.1, 0.15) is 0 Å². The molecule has 0 unspecified atom stereocenters. The van der Waals surface area contributed by atoms with E-state index in [1.54, 1.807) is 14.2 Å². The zero-order chi connectivity index (χ0) is 27.5. The summed E-state index contributed by atoms with van der Waals surface area (Å²) in [5.74, 6) is 0.545. The van der Waals surface area contributed by atoms with Crippen LogP contribution in [-0.2, 0) is 19.0 Å². The van der Waals surface area contributed by atoms with Gasteiger partial charge < -0.3 is 29.5 Å². The minimum absolute atomic E-state index is 0.00620. The Bertz CT molecular complexity index is 831. The third kappa shape index (κ3) is 4.69. The van der Waals surface area contributed by atoms with E-state index in [0.29, 0.717) is 31.3 Å². The van der Waals surface area contributed by atoms with Crippen molar-refractivity contribution >= 4 is 5.97 Å². The molecular weight excluding hydrogens is 472 g/mol. The van der Waals surface area contributed by atoms with Crippen LogP contribution in [0.2, 0.25) is 0 Å². The lowest BCUT2D eigenvalue weighted by molar-refractivity contribution is -0.164. The Morgan fingerprint density at radius 2 is 1.68 bits per heavy atom. The average Bonchev–Trinajstić information content (AvgIpc) is 3.17. The predicted molar refractivity (Wildman–Crippen MR) is 141 cm³/mol. The van der Waals surface area contributed by atoms with Crippen molar-refractivity contribution in [2.24, 2.45) is 52.3 Å². The standard InChI is InChI=1S/C30H52O7/c1-16(25(32)26(33)17(2)28(3,4)36-8)19-9-10-20-18-15-37-27(34)22-13-24(35-7)23(31)14-30(22,6)21(18)11-12-29(19,20)5/h16-26,31-33H,9-15H2,1-8H3/t16-,17-,18-,19+,20-,21-,22+,23+,24-,25+,26+,29+,30+/m0/s1. The van der Waals surface area contributed by atoms with Gasteiger partial charge in [-0.3, -0.25) is 4.79 Å². The van der Waals surface area contributed by atoms with Crippen molar-refractivity contribution in [1.82, 2.24) is 0 Å². The molecule has 0 aromatic rings. The maximum Gasteiger partial charge on any atom is 0.309 e. The van der Waals surface area contributed by atoms with Gasteiger partial charge in [0.15, 0.2) is 0 Å². The fraction of sp³-hybridized carbons (Fsp3) is 0.967. The molecule has 4 aliphatic rings. The van der Waals surface area contributed by atoms with Crippen molar-refractivity contribution in [3.8, 4) is 0 Å². The molecule has 37 heavy (non-hydrogen) atoms. The second-order valence-corrected chi connectivity index (χ2v) is 14.0. The average molecular weight is 525 g/mol. The zero-order valence-electron chi connectivity index (χ0n) is 24.3. The van der Waals surface area contributed by atoms with Crippen LogP contribution in [0.4, 0.5) is 0 Å². The lowest BCUT2D eigenvalue weighted by atomic mass is 9.48. The van der Waals surface area contributed by atoms with E-state index in [9.17, 15) is 20.1 Å². The van der Waals surface area contributed by atoms with Gasteiger partial charge in [0, 0.05) is 20.1 Å². The monoisotopic (exact) mass is 524 g/mol. The molecule has 1 heterocycles. The minimum atomic E-state index is -0.875. The molecule has 0 aromatic heterocycles. The van der Waals surface area contributed by atoms with E-state index in [-0.39, 0.29) is 52.5 Å². The zero-order valence-corrected chi connectivity index (χ0v) is 24.3. The Hall–Kier alpha value is -0.730. The molecule has 1 saturated heterocycles. The molecule has 4 rings (SSSR count). The van der Waals surface area contributed by atoms with E-state index < -0.39 is 23.9 Å². The van der Waals surface area contributed by atoms with Gasteiger partial charge in [0.2, 0.25) is 0 Å². The van der Waals surface area contributed by atoms with Crippen LogP contribution < -0.4 is 0 Å². The highest BCUT2D eigenvalue weighted by Crippen LogP contribution is 2.66. The molecule has 0 aromatic carbocycles. The Morgan fingerprint density at radius 1 is 1.03 bits per heavy atom. The summed E-state index contributed by atoms with van der Waals surface area (Å²) in [7, 11) is 3.25. The second-order valence-electron chi connectivity index (χ2n) is 14.0. The van der Waals surface area contributed by atoms with Crippen LogP contribution in [0.15, 0.2) is 0 Å². The third-order valence-electron chi connectivity index (χ3n) is 12.4. The molecule has 3 aliphatic carbocycles. The number of fused-ring (bicyclic) bond motifs is 5. The van der Waals surface area contributed by atoms with Gasteiger partial charge in [-0.1, -0.05) is 27.7 Å². The van der Waals surface area contributed by atoms with Crippen LogP contribution in [-0.4, -0.2) is 72.1 Å². The molecule has 3 saturated carbocycles. The van der Waals surface area contributed by atoms with Crippen LogP contribution in [0.5, 0.6) is 0 Å². The molecule has 0 radical (unpaired) electrons. The van der Waals surface area contributed by atoms with Gasteiger partial charge in [-0.15, -0.1) is 0 Å². The summed E-state index contributed by atoms with van der Waals surface area (Å²) >= 11 is 0. The fourth-order valence-corrected chi connectivity index (χ4v) is 9.38. The maximum atomic E-state index is 13.2. The van der Waals surface area contributed by atoms with Gasteiger partial charge in [-0.25, -0.2) is 0 Å². The number of aliphatic hydroxyl groups is 3. The lowest BCUT2D eigenvalue weighted by Gasteiger charge is -2.56. The maximum absolute atomic E-state index is 13.2. The Morgan fingerprint density at radius 3 is 2.30 bits per heavy atom. The quantitative estimate of drug-likeness (QED) is 0.435. The molecule has 0 spiro atoms. The molecule has 7 heteroatoms. The summed E-state index contributed by atoms with van der Waals surface area (Å²) < 4.78 is 17.1. The largest absolute Gasteiger partial charge is 0.465 e. The molecule has 214 valence electrons. The van der Waals surface area contributed by atoms with Crippen molar-refractivity contribution in [3.05, 3.63) is 0 Å². The Balaban J connectivity index is 1.56. The number of carbonyl (C=O) groups excluding carboxylic acids is 1. The highest BCUT2D eigenvalue weighted by atomic mass is 16.5. The van der Waals surface area contributed by atoms with Crippen molar-refractivity contribution in [3.63, 3.8) is 0 Å². The van der Waals surface area contributed by atoms with Crippen LogP contribution in [0.25, 0.3) is 0 Å². The van der Waals surface area contributed by atoms with Gasteiger partial charge in [0.25, 0.3) is 0 Å². The van der Waals surface area contributed by atoms with Crippen LogP contribution in [0, 0.1) is 52.3 Å². The van der Waals surface area contributed by atoms with E-state index in [2.05, 4.69) is 20.8 Å². The van der Waals surface area contributed by atoms with Crippen LogP contribution in [0.3, 0.4) is 0 Å².